The van der Waals surface area contributed by atoms with Crippen molar-refractivity contribution >= 4 is 11.5 Å². The lowest BCUT2D eigenvalue weighted by molar-refractivity contribution is 0.0591. The van der Waals surface area contributed by atoms with Gasteiger partial charge in [0.1, 0.15) is 11.5 Å². The van der Waals surface area contributed by atoms with E-state index < -0.39 is 0 Å². The van der Waals surface area contributed by atoms with Gasteiger partial charge in [-0.3, -0.25) is 4.40 Å². The van der Waals surface area contributed by atoms with Crippen molar-refractivity contribution < 1.29 is 9.53 Å². The lowest BCUT2D eigenvalue weighted by Crippen LogP contribution is -2.38. The molecule has 22 heavy (non-hydrogen) atoms. The van der Waals surface area contributed by atoms with Crippen LogP contribution in [0.5, 0.6) is 0 Å². The number of pyridine rings is 1. The number of piperidine rings is 1. The molecule has 0 saturated carbocycles. The van der Waals surface area contributed by atoms with E-state index in [2.05, 4.69) is 23.7 Å². The summed E-state index contributed by atoms with van der Waals surface area (Å²) in [7, 11) is 1.42. The summed E-state index contributed by atoms with van der Waals surface area (Å²) in [4.78, 5) is 19.1. The Labute approximate surface area is 130 Å². The van der Waals surface area contributed by atoms with Gasteiger partial charge in [0.15, 0.2) is 0 Å². The lowest BCUT2D eigenvalue weighted by atomic mass is 9.95. The van der Waals surface area contributed by atoms with E-state index in [0.717, 1.165) is 37.3 Å². The smallest absolute Gasteiger partial charge is 0.355 e. The van der Waals surface area contributed by atoms with Crippen molar-refractivity contribution in [1.29, 1.82) is 0 Å². The maximum atomic E-state index is 12.0. The highest BCUT2D eigenvalue weighted by Crippen LogP contribution is 2.29. The maximum Gasteiger partial charge on any atom is 0.355 e. The van der Waals surface area contributed by atoms with Gasteiger partial charge in [0.05, 0.1) is 18.8 Å². The van der Waals surface area contributed by atoms with Crippen LogP contribution in [0.2, 0.25) is 0 Å². The minimum absolute atomic E-state index is 0.315. The summed E-state index contributed by atoms with van der Waals surface area (Å²) in [5.41, 5.74) is 1.50. The Morgan fingerprint density at radius 2 is 2.05 bits per heavy atom. The third kappa shape index (κ3) is 2.61. The molecule has 118 valence electrons. The monoisotopic (exact) mass is 301 g/mol. The third-order valence-corrected chi connectivity index (χ3v) is 4.60. The number of carbonyl (C=O) groups excluding carboxylic acids is 1. The molecule has 2 aromatic heterocycles. The van der Waals surface area contributed by atoms with Crippen LogP contribution in [0.25, 0.3) is 5.52 Å². The van der Waals surface area contributed by atoms with Gasteiger partial charge in [-0.05, 0) is 51.9 Å². The Balaban J connectivity index is 1.93. The second-order valence-electron chi connectivity index (χ2n) is 6.18. The summed E-state index contributed by atoms with van der Waals surface area (Å²) in [5.74, 6) is 1.06. The molecule has 1 fully saturated rings. The molecule has 5 nitrogen and oxygen atoms in total. The van der Waals surface area contributed by atoms with Crippen molar-refractivity contribution in [3.05, 3.63) is 35.9 Å². The van der Waals surface area contributed by atoms with Gasteiger partial charge < -0.3 is 9.64 Å². The fraction of sp³-hybridized carbons (Fsp3) is 0.529. The first-order chi connectivity index (χ1) is 10.6. The minimum atomic E-state index is -0.315. The summed E-state index contributed by atoms with van der Waals surface area (Å²) < 4.78 is 6.87. The number of carbonyl (C=O) groups is 1. The van der Waals surface area contributed by atoms with E-state index in [1.807, 2.05) is 22.7 Å². The van der Waals surface area contributed by atoms with Gasteiger partial charge in [0, 0.05) is 12.0 Å². The van der Waals surface area contributed by atoms with Crippen molar-refractivity contribution in [2.75, 3.05) is 20.2 Å². The highest BCUT2D eigenvalue weighted by Gasteiger charge is 2.26. The molecule has 0 radical (unpaired) electrons. The summed E-state index contributed by atoms with van der Waals surface area (Å²) in [5, 5.41) is 0. The SMILES string of the molecule is COC(=O)c1cccc2cnc(C3CCN(C(C)C)CC3)n12. The molecule has 0 aromatic carbocycles. The second-order valence-corrected chi connectivity index (χ2v) is 6.18. The molecule has 3 rings (SSSR count). The summed E-state index contributed by atoms with van der Waals surface area (Å²) in [6.07, 6.45) is 4.00. The number of hydrogen-bond donors (Lipinski definition) is 0. The van der Waals surface area contributed by atoms with Gasteiger partial charge >= 0.3 is 5.97 Å². The summed E-state index contributed by atoms with van der Waals surface area (Å²) in [6, 6.07) is 6.23. The second kappa shape index (κ2) is 6.08. The molecule has 0 aliphatic carbocycles. The van der Waals surface area contributed by atoms with Crippen LogP contribution in [0.4, 0.5) is 0 Å². The highest BCUT2D eigenvalue weighted by atomic mass is 16.5. The number of methoxy groups -OCH3 is 1. The number of fused-ring (bicyclic) bond motifs is 1. The molecular weight excluding hydrogens is 278 g/mol. The van der Waals surface area contributed by atoms with E-state index in [-0.39, 0.29) is 5.97 Å². The number of aromatic nitrogens is 2. The van der Waals surface area contributed by atoms with Crippen molar-refractivity contribution in [2.24, 2.45) is 0 Å². The molecule has 3 heterocycles. The molecule has 1 saturated heterocycles. The Kier molecular flexibility index (Phi) is 4.16. The minimum Gasteiger partial charge on any atom is -0.464 e. The van der Waals surface area contributed by atoms with Gasteiger partial charge in [0.2, 0.25) is 0 Å². The first-order valence-electron chi connectivity index (χ1n) is 7.90. The number of imidazole rings is 1. The van der Waals surface area contributed by atoms with Crippen LogP contribution in [0.1, 0.15) is 48.9 Å². The van der Waals surface area contributed by atoms with Crippen LogP contribution < -0.4 is 0 Å². The normalized spacial score (nSPS) is 17.3. The fourth-order valence-corrected chi connectivity index (χ4v) is 3.30. The fourth-order valence-electron chi connectivity index (χ4n) is 3.30. The summed E-state index contributed by atoms with van der Waals surface area (Å²) in [6.45, 7) is 6.64. The molecule has 2 aromatic rings. The predicted octanol–water partition coefficient (Wildman–Crippen LogP) is 2.71. The first-order valence-corrected chi connectivity index (χ1v) is 7.90. The molecule has 5 heteroatoms. The Morgan fingerprint density at radius 1 is 1.32 bits per heavy atom. The van der Waals surface area contributed by atoms with Crippen molar-refractivity contribution in [1.82, 2.24) is 14.3 Å². The third-order valence-electron chi connectivity index (χ3n) is 4.60. The summed E-state index contributed by atoms with van der Waals surface area (Å²) >= 11 is 0. The quantitative estimate of drug-likeness (QED) is 0.818. The largest absolute Gasteiger partial charge is 0.464 e. The zero-order valence-electron chi connectivity index (χ0n) is 13.5. The molecule has 1 aliphatic heterocycles. The Morgan fingerprint density at radius 3 is 2.68 bits per heavy atom. The topological polar surface area (TPSA) is 46.8 Å². The van der Waals surface area contributed by atoms with Crippen LogP contribution in [0.15, 0.2) is 24.4 Å². The highest BCUT2D eigenvalue weighted by molar-refractivity contribution is 5.88. The lowest BCUT2D eigenvalue weighted by Gasteiger charge is -2.34. The Hall–Kier alpha value is -1.88. The average Bonchev–Trinajstić information content (AvgIpc) is 2.98. The van der Waals surface area contributed by atoms with Gasteiger partial charge in [0.25, 0.3) is 0 Å². The van der Waals surface area contributed by atoms with Gasteiger partial charge in [-0.2, -0.15) is 0 Å². The van der Waals surface area contributed by atoms with E-state index in [4.69, 9.17) is 4.74 Å². The van der Waals surface area contributed by atoms with Crippen molar-refractivity contribution in [3.8, 4) is 0 Å². The molecule has 0 spiro atoms. The molecular formula is C17H23N3O2. The number of likely N-dealkylation sites (tertiary alicyclic amines) is 1. The van der Waals surface area contributed by atoms with Crippen molar-refractivity contribution in [3.63, 3.8) is 0 Å². The van der Waals surface area contributed by atoms with Crippen molar-refractivity contribution in [2.45, 2.75) is 38.6 Å². The maximum absolute atomic E-state index is 12.0. The van der Waals surface area contributed by atoms with E-state index in [0.29, 0.717) is 17.7 Å². The number of ether oxygens (including phenoxy) is 1. The Bertz CT molecular complexity index is 670. The molecule has 1 aliphatic rings. The van der Waals surface area contributed by atoms with Gasteiger partial charge in [-0.1, -0.05) is 6.07 Å². The zero-order chi connectivity index (χ0) is 15.7. The number of hydrogen-bond acceptors (Lipinski definition) is 4. The van der Waals surface area contributed by atoms with Crippen LogP contribution >= 0.6 is 0 Å². The van der Waals surface area contributed by atoms with Crippen LogP contribution in [-0.4, -0.2) is 46.5 Å². The van der Waals surface area contributed by atoms with Crippen LogP contribution in [0.3, 0.4) is 0 Å². The predicted molar refractivity (Wildman–Crippen MR) is 85.2 cm³/mol. The van der Waals surface area contributed by atoms with E-state index >= 15 is 0 Å². The van der Waals surface area contributed by atoms with Crippen LogP contribution in [-0.2, 0) is 4.74 Å². The molecule has 0 unspecified atom stereocenters. The van der Waals surface area contributed by atoms with E-state index in [9.17, 15) is 4.79 Å². The first kappa shape index (κ1) is 15.0. The van der Waals surface area contributed by atoms with Gasteiger partial charge in [-0.25, -0.2) is 9.78 Å². The number of nitrogens with zero attached hydrogens (tertiary/aromatic N) is 3. The van der Waals surface area contributed by atoms with E-state index in [1.54, 1.807) is 6.07 Å². The molecule has 0 atom stereocenters. The molecule has 0 bridgehead atoms. The van der Waals surface area contributed by atoms with Gasteiger partial charge in [-0.15, -0.1) is 0 Å². The average molecular weight is 301 g/mol. The zero-order valence-corrected chi connectivity index (χ0v) is 13.5. The number of rotatable bonds is 3. The van der Waals surface area contributed by atoms with E-state index in [1.165, 1.54) is 7.11 Å². The molecule has 0 N–H and O–H groups in total. The van der Waals surface area contributed by atoms with Crippen LogP contribution in [0, 0.1) is 0 Å². The molecule has 0 amide bonds. The number of esters is 1. The standard InChI is InChI=1S/C17H23N3O2/c1-12(2)19-9-7-13(8-10-19)16-18-11-14-5-4-6-15(20(14)16)17(21)22-3/h4-6,11-13H,7-10H2,1-3H3.